The summed E-state index contributed by atoms with van der Waals surface area (Å²) in [5, 5.41) is 3.28. The molecule has 2 aliphatic heterocycles. The SMILES string of the molecule is Nc1c(Nc2ccc3c(c2)OCCO3)ncnc1N1CCc2ccccc2C1. The maximum Gasteiger partial charge on any atom is 0.163 e. The second kappa shape index (κ2) is 6.92. The van der Waals surface area contributed by atoms with E-state index in [1.165, 1.54) is 11.1 Å². The van der Waals surface area contributed by atoms with Crippen molar-refractivity contribution in [1.29, 1.82) is 0 Å². The van der Waals surface area contributed by atoms with Crippen LogP contribution < -0.4 is 25.4 Å². The van der Waals surface area contributed by atoms with Gasteiger partial charge in [-0.05, 0) is 29.7 Å². The van der Waals surface area contributed by atoms with Crippen LogP contribution in [0.2, 0.25) is 0 Å². The van der Waals surface area contributed by atoms with Crippen LogP contribution in [0.1, 0.15) is 11.1 Å². The van der Waals surface area contributed by atoms with Crippen molar-refractivity contribution in [1.82, 2.24) is 9.97 Å². The number of anilines is 4. The first-order valence-electron chi connectivity index (χ1n) is 9.37. The summed E-state index contributed by atoms with van der Waals surface area (Å²) in [6.45, 7) is 2.79. The molecule has 0 saturated carbocycles. The summed E-state index contributed by atoms with van der Waals surface area (Å²) in [5.74, 6) is 2.81. The molecule has 142 valence electrons. The van der Waals surface area contributed by atoms with Crippen LogP contribution in [0.15, 0.2) is 48.8 Å². The lowest BCUT2D eigenvalue weighted by molar-refractivity contribution is 0.171. The summed E-state index contributed by atoms with van der Waals surface area (Å²) >= 11 is 0. The van der Waals surface area contributed by atoms with Gasteiger partial charge in [-0.25, -0.2) is 9.97 Å². The third-order valence-electron chi connectivity index (χ3n) is 5.10. The van der Waals surface area contributed by atoms with Crippen molar-refractivity contribution < 1.29 is 9.47 Å². The fourth-order valence-electron chi connectivity index (χ4n) is 3.67. The normalized spacial score (nSPS) is 15.1. The fourth-order valence-corrected chi connectivity index (χ4v) is 3.67. The first-order chi connectivity index (χ1) is 13.8. The first-order valence-corrected chi connectivity index (χ1v) is 9.37. The minimum atomic E-state index is 0.539. The molecule has 0 fully saturated rings. The predicted molar refractivity (Wildman–Crippen MR) is 108 cm³/mol. The molecule has 2 aromatic carbocycles. The topological polar surface area (TPSA) is 85.5 Å². The second-order valence-corrected chi connectivity index (χ2v) is 6.88. The number of ether oxygens (including phenoxy) is 2. The lowest BCUT2D eigenvalue weighted by atomic mass is 10.00. The zero-order valence-corrected chi connectivity index (χ0v) is 15.4. The minimum Gasteiger partial charge on any atom is -0.486 e. The molecule has 7 heteroatoms. The van der Waals surface area contributed by atoms with E-state index in [4.69, 9.17) is 15.2 Å². The third-order valence-corrected chi connectivity index (χ3v) is 5.10. The Bertz CT molecular complexity index is 1020. The zero-order chi connectivity index (χ0) is 18.9. The van der Waals surface area contributed by atoms with Gasteiger partial charge in [0.15, 0.2) is 23.1 Å². The standard InChI is InChI=1S/C21H21N5O2/c22-19-20(25-16-5-6-17-18(11-16)28-10-9-27-17)23-13-24-21(19)26-8-7-14-3-1-2-4-15(14)12-26/h1-6,11,13H,7-10,12,22H2,(H,23,24,25). The summed E-state index contributed by atoms with van der Waals surface area (Å²) in [7, 11) is 0. The third kappa shape index (κ3) is 3.05. The van der Waals surface area contributed by atoms with Gasteiger partial charge in [-0.3, -0.25) is 0 Å². The van der Waals surface area contributed by atoms with Gasteiger partial charge in [-0.15, -0.1) is 0 Å². The Balaban J connectivity index is 1.40. The van der Waals surface area contributed by atoms with Gasteiger partial charge in [0.1, 0.15) is 25.2 Å². The van der Waals surface area contributed by atoms with Gasteiger partial charge in [0.25, 0.3) is 0 Å². The number of hydrogen-bond acceptors (Lipinski definition) is 7. The molecule has 3 N–H and O–H groups in total. The smallest absolute Gasteiger partial charge is 0.163 e. The van der Waals surface area contributed by atoms with Crippen molar-refractivity contribution in [3.05, 3.63) is 59.9 Å². The van der Waals surface area contributed by atoms with Gasteiger partial charge in [0, 0.05) is 24.8 Å². The van der Waals surface area contributed by atoms with E-state index >= 15 is 0 Å². The molecule has 5 rings (SSSR count). The highest BCUT2D eigenvalue weighted by molar-refractivity contribution is 5.79. The Morgan fingerprint density at radius 1 is 0.964 bits per heavy atom. The van der Waals surface area contributed by atoms with Crippen LogP contribution in [0.5, 0.6) is 11.5 Å². The highest BCUT2D eigenvalue weighted by atomic mass is 16.6. The largest absolute Gasteiger partial charge is 0.486 e. The Hall–Kier alpha value is -3.48. The van der Waals surface area contributed by atoms with Crippen molar-refractivity contribution in [2.75, 3.05) is 35.7 Å². The monoisotopic (exact) mass is 375 g/mol. The number of benzene rings is 2. The molecule has 0 radical (unpaired) electrons. The number of aromatic nitrogens is 2. The van der Waals surface area contributed by atoms with E-state index in [-0.39, 0.29) is 0 Å². The number of nitrogens with zero attached hydrogens (tertiary/aromatic N) is 3. The second-order valence-electron chi connectivity index (χ2n) is 6.88. The molecule has 0 saturated heterocycles. The predicted octanol–water partition coefficient (Wildman–Crippen LogP) is 3.14. The first kappa shape index (κ1) is 16.7. The molecule has 1 aromatic heterocycles. The van der Waals surface area contributed by atoms with E-state index in [0.29, 0.717) is 24.7 Å². The molecular formula is C21H21N5O2. The lowest BCUT2D eigenvalue weighted by Gasteiger charge is -2.30. The Morgan fingerprint density at radius 3 is 2.68 bits per heavy atom. The van der Waals surface area contributed by atoms with Crippen LogP contribution in [0.25, 0.3) is 0 Å². The molecule has 3 aromatic rings. The van der Waals surface area contributed by atoms with Gasteiger partial charge in [0.05, 0.1) is 0 Å². The Labute approximate surface area is 163 Å². The van der Waals surface area contributed by atoms with Gasteiger partial charge in [0.2, 0.25) is 0 Å². The van der Waals surface area contributed by atoms with E-state index in [0.717, 1.165) is 42.5 Å². The van der Waals surface area contributed by atoms with Gasteiger partial charge >= 0.3 is 0 Å². The van der Waals surface area contributed by atoms with Gasteiger partial charge in [-0.2, -0.15) is 0 Å². The van der Waals surface area contributed by atoms with E-state index in [9.17, 15) is 0 Å². The van der Waals surface area contributed by atoms with Crippen molar-refractivity contribution in [3.63, 3.8) is 0 Å². The molecule has 28 heavy (non-hydrogen) atoms. The molecule has 0 unspecified atom stereocenters. The zero-order valence-electron chi connectivity index (χ0n) is 15.4. The molecule has 0 aliphatic carbocycles. The molecular weight excluding hydrogens is 354 g/mol. The number of hydrogen-bond donors (Lipinski definition) is 2. The number of nitrogen functional groups attached to an aromatic ring is 1. The summed E-state index contributed by atoms with van der Waals surface area (Å²) in [5.41, 5.74) is 10.5. The maximum atomic E-state index is 6.43. The summed E-state index contributed by atoms with van der Waals surface area (Å²) in [4.78, 5) is 11.0. The molecule has 0 spiro atoms. The van der Waals surface area contributed by atoms with Crippen molar-refractivity contribution in [2.24, 2.45) is 0 Å². The van der Waals surface area contributed by atoms with Crippen LogP contribution in [0.4, 0.5) is 23.0 Å². The van der Waals surface area contributed by atoms with E-state index in [2.05, 4.69) is 44.5 Å². The van der Waals surface area contributed by atoms with E-state index in [1.54, 1.807) is 6.33 Å². The van der Waals surface area contributed by atoms with Crippen LogP contribution in [-0.2, 0) is 13.0 Å². The summed E-state index contributed by atoms with van der Waals surface area (Å²) < 4.78 is 11.2. The van der Waals surface area contributed by atoms with Crippen LogP contribution >= 0.6 is 0 Å². The maximum absolute atomic E-state index is 6.43. The quantitative estimate of drug-likeness (QED) is 0.727. The van der Waals surface area contributed by atoms with Crippen molar-refractivity contribution in [3.8, 4) is 11.5 Å². The number of rotatable bonds is 3. The van der Waals surface area contributed by atoms with E-state index in [1.807, 2.05) is 18.2 Å². The van der Waals surface area contributed by atoms with Crippen molar-refractivity contribution >= 4 is 23.0 Å². The van der Waals surface area contributed by atoms with E-state index < -0.39 is 0 Å². The van der Waals surface area contributed by atoms with Gasteiger partial charge < -0.3 is 25.4 Å². The number of nitrogens with one attached hydrogen (secondary N) is 1. The highest BCUT2D eigenvalue weighted by Gasteiger charge is 2.21. The fraction of sp³-hybridized carbons (Fsp3) is 0.238. The Morgan fingerprint density at radius 2 is 1.79 bits per heavy atom. The highest BCUT2D eigenvalue weighted by Crippen LogP contribution is 2.36. The molecule has 0 amide bonds. The molecule has 2 aliphatic rings. The number of nitrogens with two attached hydrogens (primary N) is 1. The van der Waals surface area contributed by atoms with Gasteiger partial charge in [-0.1, -0.05) is 24.3 Å². The molecule has 0 atom stereocenters. The summed E-state index contributed by atoms with van der Waals surface area (Å²) in [6, 6.07) is 14.2. The number of fused-ring (bicyclic) bond motifs is 2. The van der Waals surface area contributed by atoms with Crippen molar-refractivity contribution in [2.45, 2.75) is 13.0 Å². The average molecular weight is 375 g/mol. The molecule has 3 heterocycles. The molecule has 7 nitrogen and oxygen atoms in total. The Kier molecular flexibility index (Phi) is 4.12. The van der Waals surface area contributed by atoms with Crippen LogP contribution in [0, 0.1) is 0 Å². The lowest BCUT2D eigenvalue weighted by Crippen LogP contribution is -2.31. The van der Waals surface area contributed by atoms with Crippen LogP contribution in [-0.4, -0.2) is 29.7 Å². The summed E-state index contributed by atoms with van der Waals surface area (Å²) in [6.07, 6.45) is 2.52. The minimum absolute atomic E-state index is 0.539. The molecule has 0 bridgehead atoms. The van der Waals surface area contributed by atoms with Crippen LogP contribution in [0.3, 0.4) is 0 Å². The average Bonchev–Trinajstić information content (AvgIpc) is 2.75.